The largest absolute Gasteiger partial charge is 0.489 e. The Morgan fingerprint density at radius 1 is 1.08 bits per heavy atom. The number of hydrogen-bond acceptors (Lipinski definition) is 4. The maximum Gasteiger partial charge on any atom is 0.325 e. The molecule has 6 nitrogen and oxygen atoms in total. The first-order chi connectivity index (χ1) is 12.0. The smallest absolute Gasteiger partial charge is 0.325 e. The van der Waals surface area contributed by atoms with Gasteiger partial charge in [0.05, 0.1) is 6.04 Å². The summed E-state index contributed by atoms with van der Waals surface area (Å²) in [4.78, 5) is 22.6. The third kappa shape index (κ3) is 5.93. The Bertz CT molecular complexity index is 701. The van der Waals surface area contributed by atoms with Crippen LogP contribution in [0.3, 0.4) is 0 Å². The second kappa shape index (κ2) is 8.84. The summed E-state index contributed by atoms with van der Waals surface area (Å²) in [6, 6.07) is 15.4. The molecule has 1 amide bonds. The fourth-order valence-electron chi connectivity index (χ4n) is 2.19. The minimum atomic E-state index is -1.10. The van der Waals surface area contributed by atoms with Gasteiger partial charge in [-0.05, 0) is 36.6 Å². The number of amides is 1. The first-order valence-electron chi connectivity index (χ1n) is 8.00. The van der Waals surface area contributed by atoms with Crippen molar-refractivity contribution in [3.05, 3.63) is 65.7 Å². The van der Waals surface area contributed by atoms with E-state index in [1.807, 2.05) is 54.6 Å². The van der Waals surface area contributed by atoms with E-state index < -0.39 is 24.0 Å². The van der Waals surface area contributed by atoms with Gasteiger partial charge in [0, 0.05) is 0 Å². The van der Waals surface area contributed by atoms with Crippen LogP contribution in [0.5, 0.6) is 5.75 Å². The fraction of sp³-hybridized carbons (Fsp3) is 0.263. The lowest BCUT2D eigenvalue weighted by Gasteiger charge is -2.15. The molecule has 0 spiro atoms. The summed E-state index contributed by atoms with van der Waals surface area (Å²) in [5, 5.41) is 11.2. The van der Waals surface area contributed by atoms with Gasteiger partial charge in [0.1, 0.15) is 18.4 Å². The van der Waals surface area contributed by atoms with Crippen LogP contribution in [-0.4, -0.2) is 29.1 Å². The second-order valence-corrected chi connectivity index (χ2v) is 5.80. The Kier molecular flexibility index (Phi) is 6.54. The number of aliphatic carboxylic acids is 1. The molecule has 0 aromatic heterocycles. The molecule has 2 rings (SSSR count). The van der Waals surface area contributed by atoms with Crippen LogP contribution < -0.4 is 15.8 Å². The molecule has 0 heterocycles. The highest BCUT2D eigenvalue weighted by atomic mass is 16.5. The van der Waals surface area contributed by atoms with E-state index in [1.54, 1.807) is 0 Å². The summed E-state index contributed by atoms with van der Waals surface area (Å²) in [7, 11) is 0. The molecule has 6 heteroatoms. The van der Waals surface area contributed by atoms with Gasteiger partial charge < -0.3 is 20.9 Å². The molecule has 1 unspecified atom stereocenters. The van der Waals surface area contributed by atoms with E-state index in [0.29, 0.717) is 13.0 Å². The quantitative estimate of drug-likeness (QED) is 0.678. The van der Waals surface area contributed by atoms with Crippen LogP contribution in [0.25, 0.3) is 0 Å². The van der Waals surface area contributed by atoms with Crippen molar-refractivity contribution in [2.45, 2.75) is 32.0 Å². The van der Waals surface area contributed by atoms with E-state index in [2.05, 4.69) is 5.32 Å². The number of ether oxygens (including phenoxy) is 1. The number of rotatable bonds is 8. The van der Waals surface area contributed by atoms with Crippen LogP contribution in [0.2, 0.25) is 0 Å². The molecule has 4 N–H and O–H groups in total. The van der Waals surface area contributed by atoms with Gasteiger partial charge in [-0.1, -0.05) is 42.5 Å². The fourth-order valence-corrected chi connectivity index (χ4v) is 2.19. The Morgan fingerprint density at radius 2 is 1.72 bits per heavy atom. The molecule has 0 saturated carbocycles. The summed E-state index contributed by atoms with van der Waals surface area (Å²) in [5.41, 5.74) is 7.79. The zero-order valence-corrected chi connectivity index (χ0v) is 14.0. The van der Waals surface area contributed by atoms with E-state index in [4.69, 9.17) is 15.6 Å². The average Bonchev–Trinajstić information content (AvgIpc) is 2.61. The lowest BCUT2D eigenvalue weighted by atomic mass is 10.1. The first kappa shape index (κ1) is 18.5. The number of carboxylic acids is 1. The summed E-state index contributed by atoms with van der Waals surface area (Å²) in [6.45, 7) is 1.88. The molecule has 132 valence electrons. The van der Waals surface area contributed by atoms with Crippen molar-refractivity contribution in [2.24, 2.45) is 5.73 Å². The Labute approximate surface area is 146 Å². The van der Waals surface area contributed by atoms with Crippen molar-refractivity contribution in [1.82, 2.24) is 5.32 Å². The molecule has 2 aromatic rings. The third-order valence-corrected chi connectivity index (χ3v) is 3.69. The van der Waals surface area contributed by atoms with Gasteiger partial charge in [0.15, 0.2) is 0 Å². The number of carbonyl (C=O) groups is 2. The molecule has 0 fully saturated rings. The molecule has 25 heavy (non-hydrogen) atoms. The predicted molar refractivity (Wildman–Crippen MR) is 94.1 cm³/mol. The Hall–Kier alpha value is -2.86. The van der Waals surface area contributed by atoms with Gasteiger partial charge >= 0.3 is 5.97 Å². The number of benzene rings is 2. The van der Waals surface area contributed by atoms with E-state index in [1.165, 1.54) is 6.92 Å². The van der Waals surface area contributed by atoms with Crippen molar-refractivity contribution in [3.63, 3.8) is 0 Å². The van der Waals surface area contributed by atoms with Crippen LogP contribution in [0.1, 0.15) is 18.1 Å². The van der Waals surface area contributed by atoms with E-state index in [-0.39, 0.29) is 0 Å². The number of nitrogens with one attached hydrogen (secondary N) is 1. The molecule has 0 aliphatic heterocycles. The van der Waals surface area contributed by atoms with Crippen molar-refractivity contribution in [1.29, 1.82) is 0 Å². The number of carbonyl (C=O) groups excluding carboxylic acids is 1. The van der Waals surface area contributed by atoms with Crippen molar-refractivity contribution >= 4 is 11.9 Å². The standard InChI is InChI=1S/C19H22N2O4/c1-13(19(23)24)21-18(22)17(20)11-14-7-9-16(10-8-14)25-12-15-5-3-2-4-6-15/h2-10,13,17H,11-12,20H2,1H3,(H,21,22)(H,23,24)/t13?,17-/m1/s1. The van der Waals surface area contributed by atoms with Gasteiger partial charge in [-0.25, -0.2) is 0 Å². The maximum atomic E-state index is 11.9. The number of hydrogen-bond donors (Lipinski definition) is 3. The highest BCUT2D eigenvalue weighted by molar-refractivity contribution is 5.86. The van der Waals surface area contributed by atoms with Crippen LogP contribution >= 0.6 is 0 Å². The number of carboxylic acid groups (broad SMARTS) is 1. The van der Waals surface area contributed by atoms with E-state index >= 15 is 0 Å². The molecular weight excluding hydrogens is 320 g/mol. The van der Waals surface area contributed by atoms with Crippen molar-refractivity contribution < 1.29 is 19.4 Å². The van der Waals surface area contributed by atoms with Crippen LogP contribution in [0.4, 0.5) is 0 Å². The van der Waals surface area contributed by atoms with Crippen molar-refractivity contribution in [3.8, 4) is 5.75 Å². The zero-order valence-electron chi connectivity index (χ0n) is 14.0. The Morgan fingerprint density at radius 3 is 2.32 bits per heavy atom. The van der Waals surface area contributed by atoms with Crippen LogP contribution in [-0.2, 0) is 22.6 Å². The van der Waals surface area contributed by atoms with E-state index in [9.17, 15) is 9.59 Å². The van der Waals surface area contributed by atoms with Crippen LogP contribution in [0.15, 0.2) is 54.6 Å². The summed E-state index contributed by atoms with van der Waals surface area (Å²) in [6.07, 6.45) is 0.317. The molecule has 2 atom stereocenters. The molecule has 0 radical (unpaired) electrons. The third-order valence-electron chi connectivity index (χ3n) is 3.69. The highest BCUT2D eigenvalue weighted by Crippen LogP contribution is 2.15. The minimum Gasteiger partial charge on any atom is -0.489 e. The Balaban J connectivity index is 1.85. The van der Waals surface area contributed by atoms with E-state index in [0.717, 1.165) is 16.9 Å². The van der Waals surface area contributed by atoms with Crippen LogP contribution in [0, 0.1) is 0 Å². The lowest BCUT2D eigenvalue weighted by Crippen LogP contribution is -2.48. The maximum absolute atomic E-state index is 11.9. The average molecular weight is 342 g/mol. The molecule has 0 aliphatic carbocycles. The normalized spacial score (nSPS) is 12.9. The van der Waals surface area contributed by atoms with Crippen molar-refractivity contribution in [2.75, 3.05) is 0 Å². The zero-order chi connectivity index (χ0) is 18.2. The first-order valence-corrected chi connectivity index (χ1v) is 8.00. The van der Waals surface area contributed by atoms with Gasteiger partial charge in [0.25, 0.3) is 0 Å². The molecular formula is C19H22N2O4. The lowest BCUT2D eigenvalue weighted by molar-refractivity contribution is -0.141. The molecule has 0 saturated heterocycles. The molecule has 0 aliphatic rings. The number of nitrogens with two attached hydrogens (primary N) is 1. The summed E-state index contributed by atoms with van der Waals surface area (Å²) in [5.74, 6) is -0.857. The minimum absolute atomic E-state index is 0.317. The monoisotopic (exact) mass is 342 g/mol. The summed E-state index contributed by atoms with van der Waals surface area (Å²) < 4.78 is 5.70. The topological polar surface area (TPSA) is 102 Å². The highest BCUT2D eigenvalue weighted by Gasteiger charge is 2.19. The van der Waals surface area contributed by atoms with Gasteiger partial charge in [-0.15, -0.1) is 0 Å². The SMILES string of the molecule is CC(NC(=O)[C@H](N)Cc1ccc(OCc2ccccc2)cc1)C(=O)O. The van der Waals surface area contributed by atoms with Gasteiger partial charge in [-0.2, -0.15) is 0 Å². The molecule has 2 aromatic carbocycles. The predicted octanol–water partition coefficient (Wildman–Crippen LogP) is 1.72. The van der Waals surface area contributed by atoms with Gasteiger partial charge in [0.2, 0.25) is 5.91 Å². The summed E-state index contributed by atoms with van der Waals surface area (Å²) >= 11 is 0. The molecule has 0 bridgehead atoms. The van der Waals surface area contributed by atoms with Gasteiger partial charge in [-0.3, -0.25) is 9.59 Å². The second-order valence-electron chi connectivity index (χ2n) is 5.80.